The summed E-state index contributed by atoms with van der Waals surface area (Å²) in [5.41, 5.74) is 11.9. The maximum Gasteiger partial charge on any atom is 0.0659 e. The molecule has 0 amide bonds. The molecule has 0 heterocycles. The van der Waals surface area contributed by atoms with Crippen LogP contribution >= 0.6 is 0 Å². The Kier molecular flexibility index (Phi) is 8.91. The van der Waals surface area contributed by atoms with Crippen LogP contribution in [0.4, 0.5) is 22.7 Å². The molecule has 0 aromatic heterocycles. The van der Waals surface area contributed by atoms with Gasteiger partial charge < -0.3 is 9.80 Å². The van der Waals surface area contributed by atoms with E-state index in [0.717, 1.165) is 22.5 Å². The van der Waals surface area contributed by atoms with Gasteiger partial charge in [0.1, 0.15) is 0 Å². The third-order valence-electron chi connectivity index (χ3n) is 8.73. The third-order valence-corrected chi connectivity index (χ3v) is 8.73. The van der Waals surface area contributed by atoms with Crippen molar-refractivity contribution < 1.29 is 0 Å². The maximum atomic E-state index is 4.86. The van der Waals surface area contributed by atoms with Crippen LogP contribution in [0.1, 0.15) is 65.5 Å². The monoisotopic (exact) mass is 556 g/mol. The van der Waals surface area contributed by atoms with E-state index in [4.69, 9.17) is 9.98 Å². The molecule has 42 heavy (non-hydrogen) atoms. The average molecular weight is 557 g/mol. The Bertz CT molecular complexity index is 1440. The van der Waals surface area contributed by atoms with E-state index in [0.29, 0.717) is 0 Å². The summed E-state index contributed by atoms with van der Waals surface area (Å²) in [5, 5.41) is 0. The quantitative estimate of drug-likeness (QED) is 0.203. The maximum absolute atomic E-state index is 4.86. The summed E-state index contributed by atoms with van der Waals surface area (Å²) < 4.78 is 0. The van der Waals surface area contributed by atoms with Crippen molar-refractivity contribution in [2.24, 2.45) is 9.98 Å². The highest BCUT2D eigenvalue weighted by Crippen LogP contribution is 2.46. The van der Waals surface area contributed by atoms with Gasteiger partial charge in [-0.05, 0) is 96.5 Å². The minimum atomic E-state index is 0.0300. The van der Waals surface area contributed by atoms with E-state index in [1.54, 1.807) is 0 Å². The van der Waals surface area contributed by atoms with Crippen LogP contribution < -0.4 is 9.80 Å². The Balaban J connectivity index is 1.39. The lowest BCUT2D eigenvalue weighted by atomic mass is 9.65. The number of hydrogen-bond acceptors (Lipinski definition) is 4. The fourth-order valence-electron chi connectivity index (χ4n) is 6.10. The number of anilines is 2. The largest absolute Gasteiger partial charge is 0.378 e. The summed E-state index contributed by atoms with van der Waals surface area (Å²) in [5.74, 6) is 0. The van der Waals surface area contributed by atoms with Gasteiger partial charge in [0.15, 0.2) is 0 Å². The molecule has 5 rings (SSSR count). The molecule has 0 aliphatic heterocycles. The number of nitrogens with zero attached hydrogens (tertiary/aromatic N) is 4. The first-order chi connectivity index (χ1) is 20.2. The molecule has 0 atom stereocenters. The normalized spacial score (nSPS) is 14.9. The summed E-state index contributed by atoms with van der Waals surface area (Å²) in [7, 11) is 8.24. The second kappa shape index (κ2) is 12.8. The summed E-state index contributed by atoms with van der Waals surface area (Å²) in [4.78, 5) is 13.9. The van der Waals surface area contributed by atoms with Crippen molar-refractivity contribution >= 4 is 35.2 Å². The molecule has 0 bridgehead atoms. The molecule has 1 fully saturated rings. The van der Waals surface area contributed by atoms with E-state index in [1.165, 1.54) is 65.7 Å². The van der Waals surface area contributed by atoms with Crippen molar-refractivity contribution in [2.45, 2.75) is 51.4 Å². The number of rotatable bonds is 8. The van der Waals surface area contributed by atoms with Gasteiger partial charge in [-0.15, -0.1) is 0 Å². The van der Waals surface area contributed by atoms with E-state index in [2.05, 4.69) is 137 Å². The Hall–Kier alpha value is -4.18. The summed E-state index contributed by atoms with van der Waals surface area (Å²) in [6.07, 6.45) is 10.1. The summed E-state index contributed by atoms with van der Waals surface area (Å²) >= 11 is 0. The van der Waals surface area contributed by atoms with Crippen LogP contribution in [-0.2, 0) is 5.41 Å². The van der Waals surface area contributed by atoms with E-state index in [9.17, 15) is 0 Å². The molecule has 4 aromatic rings. The highest BCUT2D eigenvalue weighted by atomic mass is 15.1. The topological polar surface area (TPSA) is 31.2 Å². The molecule has 4 heteroatoms. The zero-order chi connectivity index (χ0) is 29.7. The highest BCUT2D eigenvalue weighted by Gasteiger charge is 2.36. The van der Waals surface area contributed by atoms with Crippen LogP contribution in [0.25, 0.3) is 0 Å². The first-order valence-corrected chi connectivity index (χ1v) is 15.1. The van der Waals surface area contributed by atoms with E-state index in [1.807, 2.05) is 12.4 Å². The minimum absolute atomic E-state index is 0.0300. The molecule has 1 saturated carbocycles. The number of aryl methyl sites for hydroxylation is 2. The Morgan fingerprint density at radius 1 is 0.548 bits per heavy atom. The molecule has 4 aromatic carbocycles. The lowest BCUT2D eigenvalue weighted by molar-refractivity contribution is 0.346. The standard InChI is InChI=1S/C38H44N4/c1-28-24-32(14-20-36(28)39-26-30-10-16-34(17-11-30)41(3)4)38(22-8-7-9-23-38)33-15-21-37(29(2)25-33)40-27-31-12-18-35(19-13-31)42(5)6/h10-21,24-27H,7-9,22-23H2,1-6H3. The zero-order valence-corrected chi connectivity index (χ0v) is 26.1. The number of hydrogen-bond donors (Lipinski definition) is 0. The van der Waals surface area contributed by atoms with Gasteiger partial charge in [-0.25, -0.2) is 0 Å². The highest BCUT2D eigenvalue weighted by molar-refractivity contribution is 5.84. The smallest absolute Gasteiger partial charge is 0.0659 e. The molecule has 1 aliphatic carbocycles. The number of benzene rings is 4. The van der Waals surface area contributed by atoms with Crippen molar-refractivity contribution in [1.82, 2.24) is 0 Å². The van der Waals surface area contributed by atoms with Gasteiger partial charge >= 0.3 is 0 Å². The van der Waals surface area contributed by atoms with E-state index < -0.39 is 0 Å². The van der Waals surface area contributed by atoms with Crippen molar-refractivity contribution in [3.05, 3.63) is 118 Å². The Labute approximate surface area is 252 Å². The van der Waals surface area contributed by atoms with Gasteiger partial charge in [0.2, 0.25) is 0 Å². The molecule has 0 N–H and O–H groups in total. The van der Waals surface area contributed by atoms with E-state index >= 15 is 0 Å². The van der Waals surface area contributed by atoms with Crippen molar-refractivity contribution in [3.63, 3.8) is 0 Å². The summed E-state index contributed by atoms with van der Waals surface area (Å²) in [6, 6.07) is 30.8. The number of aliphatic imine (C=N–C) groups is 2. The lowest BCUT2D eigenvalue weighted by Crippen LogP contribution is -2.30. The molecular weight excluding hydrogens is 512 g/mol. The van der Waals surface area contributed by atoms with E-state index in [-0.39, 0.29) is 5.41 Å². The Morgan fingerprint density at radius 2 is 0.952 bits per heavy atom. The molecule has 4 nitrogen and oxygen atoms in total. The van der Waals surface area contributed by atoms with Gasteiger partial charge in [-0.3, -0.25) is 9.98 Å². The van der Waals surface area contributed by atoms with Crippen LogP contribution in [-0.4, -0.2) is 40.6 Å². The van der Waals surface area contributed by atoms with Gasteiger partial charge in [-0.2, -0.15) is 0 Å². The Morgan fingerprint density at radius 3 is 1.31 bits per heavy atom. The van der Waals surface area contributed by atoms with Crippen LogP contribution in [0.5, 0.6) is 0 Å². The average Bonchev–Trinajstić information content (AvgIpc) is 3.00. The SMILES string of the molecule is Cc1cc(C2(c3ccc(N=Cc4ccc(N(C)C)cc4)c(C)c3)CCCCC2)ccc1N=Cc1ccc(N(C)C)cc1. The molecule has 0 radical (unpaired) electrons. The first kappa shape index (κ1) is 29.3. The van der Waals surface area contributed by atoms with Crippen LogP contribution in [0.3, 0.4) is 0 Å². The molecule has 0 unspecified atom stereocenters. The fraction of sp³-hybridized carbons (Fsp3) is 0.316. The van der Waals surface area contributed by atoms with Crippen molar-refractivity contribution in [1.29, 1.82) is 0 Å². The van der Waals surface area contributed by atoms with Gasteiger partial charge in [-0.1, -0.05) is 67.8 Å². The molecule has 0 spiro atoms. The molecule has 0 saturated heterocycles. The molecule has 1 aliphatic rings. The predicted molar refractivity (Wildman–Crippen MR) is 182 cm³/mol. The lowest BCUT2D eigenvalue weighted by Gasteiger charge is -2.39. The summed E-state index contributed by atoms with van der Waals surface area (Å²) in [6.45, 7) is 4.38. The third kappa shape index (κ3) is 6.49. The van der Waals surface area contributed by atoms with Gasteiger partial charge in [0.25, 0.3) is 0 Å². The molecular formula is C38H44N4. The minimum Gasteiger partial charge on any atom is -0.378 e. The van der Waals surface area contributed by atoms with Crippen LogP contribution in [0.15, 0.2) is 94.9 Å². The van der Waals surface area contributed by atoms with Crippen LogP contribution in [0.2, 0.25) is 0 Å². The zero-order valence-electron chi connectivity index (χ0n) is 26.1. The fourth-order valence-corrected chi connectivity index (χ4v) is 6.10. The van der Waals surface area contributed by atoms with Crippen molar-refractivity contribution in [2.75, 3.05) is 38.0 Å². The van der Waals surface area contributed by atoms with Crippen molar-refractivity contribution in [3.8, 4) is 0 Å². The first-order valence-electron chi connectivity index (χ1n) is 15.1. The molecule has 216 valence electrons. The predicted octanol–water partition coefficient (Wildman–Crippen LogP) is 9.19. The second-order valence-corrected chi connectivity index (χ2v) is 12.1. The van der Waals surface area contributed by atoms with Crippen LogP contribution in [0, 0.1) is 13.8 Å². The second-order valence-electron chi connectivity index (χ2n) is 12.1. The van der Waals surface area contributed by atoms with Gasteiger partial charge in [0.05, 0.1) is 11.4 Å². The van der Waals surface area contributed by atoms with Gasteiger partial charge in [0, 0.05) is 57.4 Å².